The van der Waals surface area contributed by atoms with Crippen molar-refractivity contribution in [1.82, 2.24) is 0 Å². The summed E-state index contributed by atoms with van der Waals surface area (Å²) < 4.78 is 78.3. The van der Waals surface area contributed by atoms with Crippen molar-refractivity contribution in [2.24, 2.45) is 23.7 Å². The van der Waals surface area contributed by atoms with Crippen LogP contribution in [0.15, 0.2) is 0 Å². The first-order valence-electron chi connectivity index (χ1n) is 26.1. The molecular weight excluding hydrogens is 945 g/mol. The molecule has 0 amide bonds. The van der Waals surface area contributed by atoms with Gasteiger partial charge in [0, 0.05) is 0 Å². The van der Waals surface area contributed by atoms with Crippen molar-refractivity contribution in [3.8, 4) is 0 Å². The number of fused-ring (bicyclic) bond motifs is 4. The number of rotatable bonds is 12. The van der Waals surface area contributed by atoms with Gasteiger partial charge in [0.25, 0.3) is 0 Å². The molecule has 0 aromatic heterocycles. The minimum Gasteiger partial charge on any atom is -0.416 e. The number of ether oxygens (including phenoxy) is 4. The Hall–Kier alpha value is 1.26. The van der Waals surface area contributed by atoms with Gasteiger partial charge in [-0.1, -0.05) is 0 Å². The number of epoxide rings is 4. The third-order valence-electron chi connectivity index (χ3n) is 16.2. The second-order valence-electron chi connectivity index (χ2n) is 24.7. The van der Waals surface area contributed by atoms with Gasteiger partial charge in [0.2, 0.25) is 0 Å². The van der Waals surface area contributed by atoms with E-state index in [0.717, 1.165) is 47.8 Å². The molecule has 6 heterocycles. The molecule has 10 rings (SSSR count). The van der Waals surface area contributed by atoms with Crippen molar-refractivity contribution in [2.45, 2.75) is 254 Å². The monoisotopic (exact) mass is 1030 g/mol. The summed E-state index contributed by atoms with van der Waals surface area (Å²) in [7, 11) is -18.8. The van der Waals surface area contributed by atoms with E-state index in [2.05, 4.69) is 78.6 Å². The molecule has 0 aromatic rings. The molecular formula is C44H88O12Si8. The zero-order chi connectivity index (χ0) is 45.6. The van der Waals surface area contributed by atoms with E-state index in [1.165, 1.54) is 103 Å². The Kier molecular flexibility index (Phi) is 14.7. The maximum Gasteiger partial charge on any atom is 0.317 e. The van der Waals surface area contributed by atoms with Crippen LogP contribution in [0.4, 0.5) is 0 Å². The summed E-state index contributed by atoms with van der Waals surface area (Å²) in [5.74, 6) is 3.00. The summed E-state index contributed by atoms with van der Waals surface area (Å²) in [6, 6.07) is 4.17. The molecule has 6 aliphatic heterocycles. The maximum atomic E-state index is 7.15. The van der Waals surface area contributed by atoms with Gasteiger partial charge in [-0.15, -0.1) is 0 Å². The minimum absolute atomic E-state index is 0.539. The average molecular weight is 1030 g/mol. The number of hydrogen-bond acceptors (Lipinski definition) is 12. The zero-order valence-electron chi connectivity index (χ0n) is 42.0. The summed E-state index contributed by atoms with van der Waals surface area (Å²) in [4.78, 5) is 0. The molecule has 20 heteroatoms. The van der Waals surface area contributed by atoms with Gasteiger partial charge in [-0.2, -0.15) is 0 Å². The van der Waals surface area contributed by atoms with Crippen molar-refractivity contribution < 1.29 is 51.9 Å². The summed E-state index contributed by atoms with van der Waals surface area (Å²) in [5, 5.41) is 0. The smallest absolute Gasteiger partial charge is 0.317 e. The quantitative estimate of drug-likeness (QED) is 0.137. The molecule has 0 bridgehead atoms. The fourth-order valence-electron chi connectivity index (χ4n) is 13.6. The molecule has 12 nitrogen and oxygen atoms in total. The minimum atomic E-state index is -2.41. The van der Waals surface area contributed by atoms with Gasteiger partial charge in [-0.05, 0) is 229 Å². The molecule has 10 aliphatic rings. The van der Waals surface area contributed by atoms with Gasteiger partial charge in [0.15, 0.2) is 0 Å². The van der Waals surface area contributed by atoms with Crippen LogP contribution in [0.1, 0.15) is 103 Å². The molecule has 4 aliphatic carbocycles. The van der Waals surface area contributed by atoms with Crippen molar-refractivity contribution in [2.75, 3.05) is 0 Å². The van der Waals surface area contributed by atoms with Crippen molar-refractivity contribution in [3.05, 3.63) is 0 Å². The summed E-state index contributed by atoms with van der Waals surface area (Å²) in [5.41, 5.74) is 0. The standard InChI is InChI=1S/2C22H44O6Si4/c1-29(2)25-31(5,13-11-17-7-9-19-21(15-17)23-19)27-30(3,4)28-32(6,26-29)14-12-18-8-10-20-22(16-18)24-20;1-29(2)25-30(3,4)27-32(6,14-12-18-8-10-20-22(16-18)24-20)28-31(5,26-29)13-11-17-7-9-19-21(15-17)23-19/h2*17-22H,7-16H2,1-6H3. The lowest BCUT2D eigenvalue weighted by Crippen LogP contribution is -2.65. The lowest BCUT2D eigenvalue weighted by Gasteiger charge is -2.49. The van der Waals surface area contributed by atoms with Gasteiger partial charge in [0.1, 0.15) is 0 Å². The highest BCUT2D eigenvalue weighted by atomic mass is 28.5. The lowest BCUT2D eigenvalue weighted by atomic mass is 9.88. The first kappa shape index (κ1) is 50.2. The summed E-state index contributed by atoms with van der Waals surface area (Å²) in [6.45, 7) is 26.7. The van der Waals surface area contributed by atoms with E-state index in [4.69, 9.17) is 51.9 Å². The number of hydrogen-bond donors (Lipinski definition) is 0. The van der Waals surface area contributed by atoms with Crippen molar-refractivity contribution in [1.29, 1.82) is 0 Å². The maximum absolute atomic E-state index is 7.15. The van der Waals surface area contributed by atoms with Crippen LogP contribution in [0, 0.1) is 23.7 Å². The normalized spacial score (nSPS) is 49.3. The fourth-order valence-corrected chi connectivity index (χ4v) is 58.3. The van der Waals surface area contributed by atoms with Crippen LogP contribution < -0.4 is 0 Å². The van der Waals surface area contributed by atoms with E-state index in [1.807, 2.05) is 0 Å². The molecule has 64 heavy (non-hydrogen) atoms. The van der Waals surface area contributed by atoms with Crippen LogP contribution in [-0.4, -0.2) is 117 Å². The second-order valence-corrected chi connectivity index (χ2v) is 53.5. The third kappa shape index (κ3) is 13.8. The molecule has 0 spiro atoms. The average Bonchev–Trinajstić information content (AvgIpc) is 3.98. The van der Waals surface area contributed by atoms with Gasteiger partial charge in [0.05, 0.1) is 48.8 Å². The Balaban J connectivity index is 0.000000162. The first-order chi connectivity index (χ1) is 29.8. The van der Waals surface area contributed by atoms with Crippen LogP contribution >= 0.6 is 0 Å². The predicted octanol–water partition coefficient (Wildman–Crippen LogP) is 11.1. The Morgan fingerprint density at radius 3 is 0.719 bits per heavy atom. The predicted molar refractivity (Wildman–Crippen MR) is 267 cm³/mol. The first-order valence-corrected chi connectivity index (χ1v) is 47.4. The third-order valence-corrected chi connectivity index (χ3v) is 50.5. The van der Waals surface area contributed by atoms with Gasteiger partial charge in [-0.25, -0.2) is 0 Å². The molecule has 14 unspecified atom stereocenters. The van der Waals surface area contributed by atoms with E-state index >= 15 is 0 Å². The summed E-state index contributed by atoms with van der Waals surface area (Å²) >= 11 is 0. The SMILES string of the molecule is C[Si]1(C)O[Si](C)(C)O[Si](C)(CCC2CCC3OC3C2)O[Si](C)(CCC2CCC3OC3C2)O1.C[Si]1(C)O[Si](C)(CCC2CCC3OC3C2)O[Si](C)(C)O[Si](C)(CCC2CCC3OC3C2)O1. The van der Waals surface area contributed by atoms with Crippen molar-refractivity contribution in [3.63, 3.8) is 0 Å². The van der Waals surface area contributed by atoms with Gasteiger partial charge >= 0.3 is 68.5 Å². The molecule has 10 fully saturated rings. The van der Waals surface area contributed by atoms with Crippen LogP contribution in [0.2, 0.25) is 103 Å². The molecule has 368 valence electrons. The Bertz CT molecular complexity index is 1520. The Morgan fingerprint density at radius 1 is 0.266 bits per heavy atom. The van der Waals surface area contributed by atoms with E-state index in [1.54, 1.807) is 0 Å². The highest BCUT2D eigenvalue weighted by Crippen LogP contribution is 2.47. The van der Waals surface area contributed by atoms with Crippen LogP contribution in [-0.2, 0) is 51.9 Å². The summed E-state index contributed by atoms with van der Waals surface area (Å²) in [6.07, 6.45) is 24.2. The molecule has 14 atom stereocenters. The van der Waals surface area contributed by atoms with Crippen molar-refractivity contribution >= 4 is 68.5 Å². The Labute approximate surface area is 396 Å². The van der Waals surface area contributed by atoms with E-state index < -0.39 is 68.5 Å². The lowest BCUT2D eigenvalue weighted by molar-refractivity contribution is 0.221. The van der Waals surface area contributed by atoms with Gasteiger partial charge < -0.3 is 51.9 Å². The fraction of sp³-hybridized carbons (Fsp3) is 1.00. The van der Waals surface area contributed by atoms with E-state index in [-0.39, 0.29) is 0 Å². The zero-order valence-corrected chi connectivity index (χ0v) is 50.0. The molecule has 0 N–H and O–H groups in total. The highest BCUT2D eigenvalue weighted by molar-refractivity contribution is 6.94. The van der Waals surface area contributed by atoms with E-state index in [0.29, 0.717) is 48.8 Å². The molecule has 0 radical (unpaired) electrons. The van der Waals surface area contributed by atoms with Crippen LogP contribution in [0.5, 0.6) is 0 Å². The topological polar surface area (TPSA) is 124 Å². The molecule has 4 saturated carbocycles. The highest BCUT2D eigenvalue weighted by Gasteiger charge is 2.57. The molecule has 0 aromatic carbocycles. The van der Waals surface area contributed by atoms with Gasteiger partial charge in [-0.3, -0.25) is 0 Å². The second kappa shape index (κ2) is 18.7. The molecule has 6 saturated heterocycles. The largest absolute Gasteiger partial charge is 0.416 e. The van der Waals surface area contributed by atoms with Crippen LogP contribution in [0.25, 0.3) is 0 Å². The van der Waals surface area contributed by atoms with Crippen LogP contribution in [0.3, 0.4) is 0 Å². The van der Waals surface area contributed by atoms with E-state index in [9.17, 15) is 0 Å². The Morgan fingerprint density at radius 2 is 0.484 bits per heavy atom.